The summed E-state index contributed by atoms with van der Waals surface area (Å²) in [5.74, 6) is 0.644. The maximum absolute atomic E-state index is 6.67. The Morgan fingerprint density at radius 3 is 2.38 bits per heavy atom. The van der Waals surface area contributed by atoms with Crippen LogP contribution in [-0.2, 0) is 0 Å². The highest BCUT2D eigenvalue weighted by atomic mass is 35.5. The number of nitrogens with one attached hydrogen (secondary N) is 2. The molecule has 0 unspecified atom stereocenters. The first-order chi connectivity index (χ1) is 3.66. The van der Waals surface area contributed by atoms with Crippen molar-refractivity contribution in [2.45, 2.75) is 6.92 Å². The Labute approximate surface area is 53.3 Å². The van der Waals surface area contributed by atoms with Crippen LogP contribution in [0.5, 0.6) is 0 Å². The molecule has 2 N–H and O–H groups in total. The van der Waals surface area contributed by atoms with E-state index in [1.54, 1.807) is 14.0 Å². The summed E-state index contributed by atoms with van der Waals surface area (Å²) in [5, 5.41) is 9.19. The molecule has 0 spiro atoms. The van der Waals surface area contributed by atoms with Crippen molar-refractivity contribution in [3.05, 3.63) is 0 Å². The lowest BCUT2D eigenvalue weighted by molar-refractivity contribution is 1.16. The molecule has 0 amide bonds. The van der Waals surface area contributed by atoms with Crippen molar-refractivity contribution in [2.75, 3.05) is 7.05 Å². The van der Waals surface area contributed by atoms with Crippen molar-refractivity contribution in [3.8, 4) is 0 Å². The fraction of sp³-hybridized carbons (Fsp3) is 0.500. The van der Waals surface area contributed by atoms with Gasteiger partial charge in [0.25, 0.3) is 0 Å². The number of rotatable bonds is 0. The van der Waals surface area contributed by atoms with Gasteiger partial charge in [-0.2, -0.15) is 0 Å². The molecule has 0 heterocycles. The van der Waals surface area contributed by atoms with E-state index in [4.69, 9.17) is 17.0 Å². The number of hydrogen-bond donors (Lipinski definition) is 2. The van der Waals surface area contributed by atoms with Gasteiger partial charge in [0.1, 0.15) is 5.84 Å². The molecule has 0 aromatic heterocycles. The third-order valence-electron chi connectivity index (χ3n) is 0.628. The predicted octanol–water partition coefficient (Wildman–Crippen LogP) is 0.798. The normalized spacial score (nSPS) is 11.1. The zero-order chi connectivity index (χ0) is 6.57. The van der Waals surface area contributed by atoms with Crippen molar-refractivity contribution in [3.63, 3.8) is 0 Å². The Hall–Kier alpha value is -0.570. The molecule has 0 aliphatic rings. The van der Waals surface area contributed by atoms with Crippen LogP contribution in [0.2, 0.25) is 0 Å². The molecule has 0 aliphatic heterocycles. The van der Waals surface area contributed by atoms with E-state index in [9.17, 15) is 0 Å². The summed E-state index contributed by atoms with van der Waals surface area (Å²) in [7, 11) is 1.72. The van der Waals surface area contributed by atoms with E-state index in [-0.39, 0.29) is 5.29 Å². The van der Waals surface area contributed by atoms with E-state index in [1.165, 1.54) is 0 Å². The third kappa shape index (κ3) is 3.61. The van der Waals surface area contributed by atoms with Gasteiger partial charge in [0, 0.05) is 7.05 Å². The van der Waals surface area contributed by atoms with Crippen LogP contribution in [-0.4, -0.2) is 18.2 Å². The van der Waals surface area contributed by atoms with Crippen molar-refractivity contribution < 1.29 is 0 Å². The quantitative estimate of drug-likeness (QED) is 0.287. The lowest BCUT2D eigenvalue weighted by atomic mass is 10.7. The monoisotopic (exact) mass is 133 g/mol. The third-order valence-corrected chi connectivity index (χ3v) is 0.712. The van der Waals surface area contributed by atoms with Crippen LogP contribution < -0.4 is 5.32 Å². The maximum Gasteiger partial charge on any atom is 0.216 e. The number of amidine groups is 2. The molecule has 0 aromatic rings. The SMILES string of the molecule is CN/C(C)=N/C(=N)Cl. The standard InChI is InChI=1S/C4H8ClN3/c1-3(7-2)8-4(5)6/h1-2H3,(H2,6,7,8). The molecule has 0 bridgehead atoms. The zero-order valence-electron chi connectivity index (χ0n) is 4.83. The molecule has 0 fully saturated rings. The summed E-state index contributed by atoms with van der Waals surface area (Å²) in [6.45, 7) is 1.73. The molecular weight excluding hydrogens is 126 g/mol. The van der Waals surface area contributed by atoms with E-state index in [1.807, 2.05) is 0 Å². The molecule has 0 saturated heterocycles. The van der Waals surface area contributed by atoms with Gasteiger partial charge in [-0.15, -0.1) is 0 Å². The highest BCUT2D eigenvalue weighted by Gasteiger charge is 1.84. The number of halogens is 1. The van der Waals surface area contributed by atoms with Gasteiger partial charge in [0.2, 0.25) is 5.29 Å². The summed E-state index contributed by atoms with van der Waals surface area (Å²) in [6, 6.07) is 0. The largest absolute Gasteiger partial charge is 0.377 e. The van der Waals surface area contributed by atoms with Crippen LogP contribution in [0.4, 0.5) is 0 Å². The predicted molar refractivity (Wildman–Crippen MR) is 35.7 cm³/mol. The van der Waals surface area contributed by atoms with Gasteiger partial charge in [-0.25, -0.2) is 4.99 Å². The van der Waals surface area contributed by atoms with Crippen LogP contribution >= 0.6 is 11.6 Å². The average Bonchev–Trinajstić information content (AvgIpc) is 1.65. The first-order valence-electron chi connectivity index (χ1n) is 2.14. The van der Waals surface area contributed by atoms with Crippen LogP contribution in [0.25, 0.3) is 0 Å². The second-order valence-electron chi connectivity index (χ2n) is 1.24. The van der Waals surface area contributed by atoms with Crippen LogP contribution in [0, 0.1) is 5.41 Å². The molecule has 0 rings (SSSR count). The minimum absolute atomic E-state index is 0.197. The Balaban J connectivity index is 3.75. The van der Waals surface area contributed by atoms with Crippen molar-refractivity contribution in [1.82, 2.24) is 5.32 Å². The Bertz CT molecular complexity index is 118. The molecular formula is C4H8ClN3. The first kappa shape index (κ1) is 7.43. The Morgan fingerprint density at radius 1 is 1.75 bits per heavy atom. The van der Waals surface area contributed by atoms with Gasteiger partial charge < -0.3 is 5.32 Å². The van der Waals surface area contributed by atoms with Gasteiger partial charge >= 0.3 is 0 Å². The zero-order valence-corrected chi connectivity index (χ0v) is 5.58. The number of nitrogens with zero attached hydrogens (tertiary/aromatic N) is 1. The fourth-order valence-corrected chi connectivity index (χ4v) is 0.330. The summed E-state index contributed by atoms with van der Waals surface area (Å²) < 4.78 is 0. The second-order valence-corrected chi connectivity index (χ2v) is 1.60. The minimum atomic E-state index is -0.197. The molecule has 0 aliphatic carbocycles. The van der Waals surface area contributed by atoms with Gasteiger partial charge in [-0.3, -0.25) is 5.41 Å². The lowest BCUT2D eigenvalue weighted by Crippen LogP contribution is -2.14. The Morgan fingerprint density at radius 2 is 2.25 bits per heavy atom. The smallest absolute Gasteiger partial charge is 0.216 e. The van der Waals surface area contributed by atoms with Crippen molar-refractivity contribution in [1.29, 1.82) is 5.41 Å². The maximum atomic E-state index is 6.67. The highest BCUT2D eigenvalue weighted by Crippen LogP contribution is 1.81. The van der Waals surface area contributed by atoms with E-state index in [0.29, 0.717) is 5.84 Å². The molecule has 0 saturated carbocycles. The molecule has 8 heavy (non-hydrogen) atoms. The summed E-state index contributed by atoms with van der Waals surface area (Å²) in [4.78, 5) is 3.55. The van der Waals surface area contributed by atoms with Crippen molar-refractivity contribution >= 4 is 22.7 Å². The van der Waals surface area contributed by atoms with Gasteiger partial charge in [-0.1, -0.05) is 0 Å². The van der Waals surface area contributed by atoms with Crippen LogP contribution in [0.1, 0.15) is 6.92 Å². The molecule has 0 atom stereocenters. The average molecular weight is 134 g/mol. The molecule has 46 valence electrons. The van der Waals surface area contributed by atoms with Gasteiger partial charge in [0.15, 0.2) is 0 Å². The summed E-state index contributed by atoms with van der Waals surface area (Å²) >= 11 is 5.11. The van der Waals surface area contributed by atoms with E-state index in [0.717, 1.165) is 0 Å². The topological polar surface area (TPSA) is 48.2 Å². The van der Waals surface area contributed by atoms with Gasteiger partial charge in [-0.05, 0) is 18.5 Å². The summed E-state index contributed by atoms with van der Waals surface area (Å²) in [6.07, 6.45) is 0. The minimum Gasteiger partial charge on any atom is -0.377 e. The first-order valence-corrected chi connectivity index (χ1v) is 2.51. The molecule has 3 nitrogen and oxygen atoms in total. The molecule has 0 radical (unpaired) electrons. The van der Waals surface area contributed by atoms with E-state index < -0.39 is 0 Å². The summed E-state index contributed by atoms with van der Waals surface area (Å²) in [5.41, 5.74) is 0. The van der Waals surface area contributed by atoms with Crippen LogP contribution in [0.3, 0.4) is 0 Å². The van der Waals surface area contributed by atoms with E-state index >= 15 is 0 Å². The van der Waals surface area contributed by atoms with Crippen LogP contribution in [0.15, 0.2) is 4.99 Å². The second kappa shape index (κ2) is 3.43. The van der Waals surface area contributed by atoms with Crippen molar-refractivity contribution in [2.24, 2.45) is 4.99 Å². The highest BCUT2D eigenvalue weighted by molar-refractivity contribution is 6.64. The van der Waals surface area contributed by atoms with E-state index in [2.05, 4.69) is 10.3 Å². The number of aliphatic imine (C=N–C) groups is 1. The fourth-order valence-electron chi connectivity index (χ4n) is 0.203. The Kier molecular flexibility index (Phi) is 3.19. The number of hydrogen-bond acceptors (Lipinski definition) is 1. The molecule has 0 aromatic carbocycles. The lowest BCUT2D eigenvalue weighted by Gasteiger charge is -1.92. The van der Waals surface area contributed by atoms with Gasteiger partial charge in [0.05, 0.1) is 0 Å². The molecule has 4 heteroatoms.